The minimum absolute atomic E-state index is 0.0575. The molecule has 7 atom stereocenters. The number of halogens is 1. The van der Waals surface area contributed by atoms with Crippen LogP contribution in [-0.2, 0) is 58.2 Å². The molecule has 127 heavy (non-hydrogen) atoms. The number of amides is 5. The van der Waals surface area contributed by atoms with Gasteiger partial charge in [0.15, 0.2) is 0 Å². The number of carbonyl (C=O) groups is 6. The molecule has 0 saturated carbocycles. The lowest BCUT2D eigenvalue weighted by Gasteiger charge is -2.38. The summed E-state index contributed by atoms with van der Waals surface area (Å²) < 4.78 is 42.6. The maximum absolute atomic E-state index is 12.2. The van der Waals surface area contributed by atoms with Crippen molar-refractivity contribution >= 4 is 47.1 Å². The summed E-state index contributed by atoms with van der Waals surface area (Å²) in [6.07, 6.45) is 24.5. The van der Waals surface area contributed by atoms with Crippen LogP contribution in [-0.4, -0.2) is 251 Å². The van der Waals surface area contributed by atoms with Crippen LogP contribution in [0.5, 0.6) is 23.0 Å². The number of hydrogen-bond donors (Lipinski definition) is 5. The van der Waals surface area contributed by atoms with Gasteiger partial charge in [0.25, 0.3) is 0 Å². The number of nitrogens with zero attached hydrogens (tertiary/aromatic N) is 5. The molecule has 25 heteroatoms. The minimum atomic E-state index is -0.856. The van der Waals surface area contributed by atoms with E-state index in [0.717, 1.165) is 186 Å². The Morgan fingerprint density at radius 3 is 0.882 bits per heavy atom. The molecule has 0 bridgehead atoms. The zero-order chi connectivity index (χ0) is 92.8. The average Bonchev–Trinajstić information content (AvgIpc) is 1.32. The number of esters is 1. The van der Waals surface area contributed by atoms with Crippen molar-refractivity contribution in [1.82, 2.24) is 35.1 Å². The van der Waals surface area contributed by atoms with Gasteiger partial charge in [-0.3, -0.25) is 28.8 Å². The van der Waals surface area contributed by atoms with Gasteiger partial charge >= 0.3 is 5.97 Å². The number of hydrogen-bond acceptors (Lipinski definition) is 19. The molecule has 5 N–H and O–H groups in total. The highest BCUT2D eigenvalue weighted by atomic mass is 35.5. The van der Waals surface area contributed by atoms with Crippen LogP contribution in [0.3, 0.4) is 0 Å². The first-order valence-corrected chi connectivity index (χ1v) is 46.8. The lowest BCUT2D eigenvalue weighted by Crippen LogP contribution is -2.41. The molecule has 0 aromatic heterocycles. The number of ether oxygens (including phenoxy) is 8. The van der Waals surface area contributed by atoms with Gasteiger partial charge in [-0.15, -0.1) is 11.6 Å². The van der Waals surface area contributed by atoms with Crippen molar-refractivity contribution in [1.29, 1.82) is 0 Å². The average molecular weight is 1790 g/mol. The second kappa shape index (κ2) is 61.8. The van der Waals surface area contributed by atoms with Gasteiger partial charge in [-0.25, -0.2) is 0 Å². The van der Waals surface area contributed by atoms with Gasteiger partial charge in [-0.05, 0) is 237 Å². The number of methoxy groups -OCH3 is 4. The van der Waals surface area contributed by atoms with E-state index < -0.39 is 10.5 Å². The summed E-state index contributed by atoms with van der Waals surface area (Å²) in [7, 11) is 6.64. The fourth-order valence-electron chi connectivity index (χ4n) is 17.0. The monoisotopic (exact) mass is 1780 g/mol. The van der Waals surface area contributed by atoms with E-state index in [1.165, 1.54) is 90.5 Å². The van der Waals surface area contributed by atoms with Gasteiger partial charge in [0.1, 0.15) is 33.5 Å². The third-order valence-corrected chi connectivity index (χ3v) is 24.8. The lowest BCUT2D eigenvalue weighted by atomic mass is 9.80. The van der Waals surface area contributed by atoms with Gasteiger partial charge < -0.3 is 88.3 Å². The zero-order valence-electron chi connectivity index (χ0n) is 78.9. The first-order chi connectivity index (χ1) is 61.4. The number of nitrogens with one attached hydrogen (secondary N) is 2. The number of benzene rings is 6. The largest absolute Gasteiger partial charge is 0.497 e. The molecule has 9 saturated heterocycles. The highest BCUT2D eigenvalue weighted by molar-refractivity contribution is 6.28. The fraction of sp³-hybridized carbons (Fsp3) is 0.588. The van der Waals surface area contributed by atoms with E-state index in [0.29, 0.717) is 37.9 Å². The predicted octanol–water partition coefficient (Wildman–Crippen LogP) is 16.1. The van der Waals surface area contributed by atoms with Crippen molar-refractivity contribution in [3.05, 3.63) is 191 Å². The number of aliphatic hydroxyl groups is 3. The summed E-state index contributed by atoms with van der Waals surface area (Å²) in [6, 6.07) is 54.6. The minimum Gasteiger partial charge on any atom is -0.497 e. The maximum Gasteiger partial charge on any atom is 0.302 e. The zero-order valence-corrected chi connectivity index (χ0v) is 79.6. The van der Waals surface area contributed by atoms with Gasteiger partial charge in [-0.2, -0.15) is 0 Å². The van der Waals surface area contributed by atoms with Crippen molar-refractivity contribution in [2.45, 2.75) is 257 Å². The topological polar surface area (TPSA) is 277 Å². The number of rotatable bonds is 20. The molecule has 0 radical (unpaired) electrons. The lowest BCUT2D eigenvalue weighted by molar-refractivity contribution is -0.140. The third kappa shape index (κ3) is 36.6. The van der Waals surface area contributed by atoms with E-state index in [9.17, 15) is 28.8 Å². The molecule has 15 rings (SSSR count). The molecule has 7 unspecified atom stereocenters. The summed E-state index contributed by atoms with van der Waals surface area (Å²) in [4.78, 5) is 74.1. The quantitative estimate of drug-likeness (QED) is 0.0270. The molecule has 9 aliphatic rings. The normalized spacial score (nSPS) is 20.0. The number of likely N-dealkylation sites (tertiary alicyclic amines) is 5. The Labute approximate surface area is 764 Å². The van der Waals surface area contributed by atoms with Crippen LogP contribution in [0, 0.1) is 0 Å². The highest BCUT2D eigenvalue weighted by Crippen LogP contribution is 2.45. The Morgan fingerprint density at radius 1 is 0.362 bits per heavy atom. The van der Waals surface area contributed by atoms with Crippen LogP contribution >= 0.6 is 11.6 Å². The van der Waals surface area contributed by atoms with Crippen LogP contribution in [0.25, 0.3) is 0 Å². The molecule has 9 aliphatic heterocycles. The van der Waals surface area contributed by atoms with Crippen LogP contribution in [0.2, 0.25) is 0 Å². The molecule has 0 spiro atoms. The maximum atomic E-state index is 12.2. The summed E-state index contributed by atoms with van der Waals surface area (Å²) in [5.41, 5.74) is 5.14. The fourth-order valence-corrected chi connectivity index (χ4v) is 17.4. The van der Waals surface area contributed by atoms with Crippen LogP contribution < -0.4 is 29.6 Å². The third-order valence-electron chi connectivity index (χ3n) is 24.1. The Hall–Kier alpha value is -8.69. The predicted molar refractivity (Wildman–Crippen MR) is 505 cm³/mol. The smallest absolute Gasteiger partial charge is 0.302 e. The second-order valence-corrected chi connectivity index (χ2v) is 33.3. The summed E-state index contributed by atoms with van der Waals surface area (Å²) in [5, 5.41) is 32.6. The molecule has 706 valence electrons. The molecule has 9 fully saturated rings. The standard InChI is InChI=1S/C28H31NO4.C21H19ClO2.2C8H15NO.2C7H13NO2.C6H13N.C5H11NO.C4H8O2.2C4H8O/c1-21(30)29-19-7-10-25(29)20-33-28(22-8-5-4-6-9-22,23-11-15-26(31-2)16-12-23)24-13-17-27(32-3)18-14-24;1-23-19-12-8-17(9-13-19)21(22,16-6-4-3-5-7-16)18-10-14-20(24-2)15-11-18;2*1-3-8-5-4-6-9(8)7(2)10;2*1-6(10)8-4-2-3-7(8)5-9;1-2-6-4-3-5-7-6;7-4-5-2-1-3-6-5;1-3-6-4(2)5;2*1-2-4-5-3-1/h4-6,8-9,11-18,25H,7,10,19-20H2,1-3H3;3-15H,1-2H3;2*8H,3-6H2,1-2H3;2*7,9H,2-5H2,1H3;6-7H,2-5H2,1H3;5-7H,1-4H2;3H2,1-2H3;2*1-4H2. The Balaban J connectivity index is 0.000000266. The van der Waals surface area contributed by atoms with E-state index >= 15 is 0 Å². The molecular formula is C102H154ClN7O17. The van der Waals surface area contributed by atoms with E-state index in [4.69, 9.17) is 60.1 Å². The van der Waals surface area contributed by atoms with Crippen molar-refractivity contribution in [3.63, 3.8) is 0 Å². The molecule has 5 amide bonds. The Bertz CT molecular complexity index is 3700. The van der Waals surface area contributed by atoms with E-state index in [2.05, 4.69) is 48.3 Å². The molecule has 24 nitrogen and oxygen atoms in total. The van der Waals surface area contributed by atoms with Gasteiger partial charge in [0.2, 0.25) is 29.5 Å². The van der Waals surface area contributed by atoms with Crippen LogP contribution in [0.15, 0.2) is 158 Å². The number of carbonyl (C=O) groups excluding carboxylic acids is 6. The van der Waals surface area contributed by atoms with Crippen molar-refractivity contribution in [2.75, 3.05) is 134 Å². The molecular weight excluding hydrogens is 1630 g/mol. The van der Waals surface area contributed by atoms with Crippen LogP contribution in [0.4, 0.5) is 0 Å². The Morgan fingerprint density at radius 2 is 0.654 bits per heavy atom. The van der Waals surface area contributed by atoms with E-state index in [-0.39, 0.29) is 66.8 Å². The molecule has 9 heterocycles. The van der Waals surface area contributed by atoms with Gasteiger partial charge in [-0.1, -0.05) is 130 Å². The number of alkyl halides is 1. The number of aliphatic hydroxyl groups excluding tert-OH is 3. The summed E-state index contributed by atoms with van der Waals surface area (Å²) in [6.45, 7) is 29.9. The Kier molecular flexibility index (Phi) is 52.9. The highest BCUT2D eigenvalue weighted by Gasteiger charge is 2.41. The van der Waals surface area contributed by atoms with Crippen molar-refractivity contribution < 1.29 is 82.0 Å². The molecule has 6 aromatic carbocycles. The van der Waals surface area contributed by atoms with Crippen molar-refractivity contribution in [2.24, 2.45) is 0 Å². The summed E-state index contributed by atoms with van der Waals surface area (Å²) >= 11 is 7.22. The second-order valence-electron chi connectivity index (χ2n) is 32.8. The van der Waals surface area contributed by atoms with E-state index in [1.807, 2.05) is 160 Å². The van der Waals surface area contributed by atoms with Gasteiger partial charge in [0.05, 0.1) is 79.6 Å². The summed E-state index contributed by atoms with van der Waals surface area (Å²) in [5.74, 6) is 3.71. The van der Waals surface area contributed by atoms with Gasteiger partial charge in [0, 0.05) is 125 Å². The first kappa shape index (κ1) is 109. The van der Waals surface area contributed by atoms with Crippen molar-refractivity contribution in [3.8, 4) is 23.0 Å². The van der Waals surface area contributed by atoms with Crippen LogP contribution in [0.1, 0.15) is 237 Å². The van der Waals surface area contributed by atoms with E-state index in [1.54, 1.807) is 79.8 Å². The SMILES string of the molecule is C1CCOC1.C1CCOC1.CC(=O)N1CCCC1CO.CC(=O)N1CCCC1CO.CCC1CCCN1.CCC1CCCN1C(C)=O.CCC1CCCN1C(C)=O.CCOC(C)=O.COc1ccc(C(Cl)(c2ccccc2)c2ccc(OC)cc2)cc1.COc1ccc(C(OCC2CCCN2C(C)=O)(c2ccccc2)c2ccc(OC)cc2)cc1.OCC1CCCN1. The molecule has 6 aromatic rings. The molecule has 0 aliphatic carbocycles. The first-order valence-electron chi connectivity index (χ1n) is 46.4.